The molecule has 2 fully saturated rings. The molecule has 13 nitrogen and oxygen atoms in total. The smallest absolute Gasteiger partial charge is 0.303 e. The Bertz CT molecular complexity index is 2930. The highest BCUT2D eigenvalue weighted by molar-refractivity contribution is 7.99. The number of carbonyl (C=O) groups is 3. The summed E-state index contributed by atoms with van der Waals surface area (Å²) in [7, 11) is 0. The van der Waals surface area contributed by atoms with Gasteiger partial charge < -0.3 is 42.6 Å². The van der Waals surface area contributed by atoms with Crippen molar-refractivity contribution in [1.29, 1.82) is 0 Å². The quantitative estimate of drug-likeness (QED) is 0.0444. The summed E-state index contributed by atoms with van der Waals surface area (Å²) >= 11 is 1.36. The first-order chi connectivity index (χ1) is 37.9. The van der Waals surface area contributed by atoms with Crippen LogP contribution in [0, 0.1) is 0 Å². The molecule has 10 atom stereocenters. The molecular formula is C63H61NO12S. The van der Waals surface area contributed by atoms with Crippen LogP contribution in [0.15, 0.2) is 211 Å². The largest absolute Gasteiger partial charge is 0.454 e. The second-order valence-corrected chi connectivity index (χ2v) is 20.2. The van der Waals surface area contributed by atoms with Crippen molar-refractivity contribution in [2.24, 2.45) is 0 Å². The summed E-state index contributed by atoms with van der Waals surface area (Å²) in [5, 5.41) is 0. The lowest BCUT2D eigenvalue weighted by Crippen LogP contribution is -2.68. The minimum atomic E-state index is -1.41. The SMILES string of the molecule is CC(=O)O[C@@H]1[C@@H](O[C@H]2[C@H](OCc3ccccc3)[C@@H](N3C(=O)c4ccccc4C3=O)[C@H](Sc3ccccc3)O[C@@H]2COCc2ccccc2)O[C@H](COCc2ccccc2)[C@@H](OCc2ccccc2)[C@@H]1OCc1ccccc1. The van der Waals surface area contributed by atoms with Gasteiger partial charge >= 0.3 is 5.97 Å². The van der Waals surface area contributed by atoms with Crippen LogP contribution in [0.1, 0.15) is 55.5 Å². The van der Waals surface area contributed by atoms with E-state index in [0.717, 1.165) is 32.7 Å². The molecular weight excluding hydrogens is 995 g/mol. The number of thioether (sulfide) groups is 1. The standard InChI is InChI=1S/C63H61NO12S/c1-43(65)73-59-58(72-40-48-30-16-6-17-31-48)55(70-38-46-26-12-4-13-27-46)52(41-68-36-44-22-8-2-9-23-44)74-62(59)76-56-53(42-69-37-45-24-10-3-11-25-45)75-63(77-49-32-18-7-19-33-49)54(57(56)71-39-47-28-14-5-15-29-47)64-60(66)50-34-20-21-35-51(50)61(64)67/h2-35,52-59,62-63H,36-42H2,1H3/t52-,53-,54-,55-,56-,57-,58+,59+,62-,63+/m1/s1. The number of hydrogen-bond acceptors (Lipinski definition) is 13. The second kappa shape index (κ2) is 26.5. The molecule has 0 spiro atoms. The lowest BCUT2D eigenvalue weighted by Gasteiger charge is -2.51. The predicted octanol–water partition coefficient (Wildman–Crippen LogP) is 10.4. The Kier molecular flexibility index (Phi) is 18.4. The molecule has 2 saturated heterocycles. The molecule has 7 aromatic carbocycles. The lowest BCUT2D eigenvalue weighted by atomic mass is 9.94. The van der Waals surface area contributed by atoms with Crippen LogP contribution in [0.3, 0.4) is 0 Å². The molecule has 0 bridgehead atoms. The number of amides is 2. The Hall–Kier alpha value is -6.82. The second-order valence-electron chi connectivity index (χ2n) is 19.0. The third-order valence-corrected chi connectivity index (χ3v) is 14.7. The predicted molar refractivity (Wildman–Crippen MR) is 288 cm³/mol. The third kappa shape index (κ3) is 13.7. The average molecular weight is 1060 g/mol. The maximum Gasteiger partial charge on any atom is 0.303 e. The lowest BCUT2D eigenvalue weighted by molar-refractivity contribution is -0.349. The van der Waals surface area contributed by atoms with Crippen molar-refractivity contribution in [3.63, 3.8) is 0 Å². The summed E-state index contributed by atoms with van der Waals surface area (Å²) in [6.07, 6.45) is -8.69. The summed E-state index contributed by atoms with van der Waals surface area (Å²) in [6, 6.07) is 63.9. The summed E-state index contributed by atoms with van der Waals surface area (Å²) in [6.45, 7) is 2.13. The Morgan fingerprint density at radius 3 is 1.30 bits per heavy atom. The number of esters is 1. The van der Waals surface area contributed by atoms with E-state index in [0.29, 0.717) is 0 Å². The summed E-state index contributed by atoms with van der Waals surface area (Å²) in [5.74, 6) is -1.62. The number of benzene rings is 7. The molecule has 0 aromatic heterocycles. The van der Waals surface area contributed by atoms with E-state index in [1.165, 1.54) is 23.6 Å². The van der Waals surface area contributed by atoms with Crippen LogP contribution in [0.25, 0.3) is 0 Å². The minimum Gasteiger partial charge on any atom is -0.454 e. The van der Waals surface area contributed by atoms with Crippen LogP contribution in [0.4, 0.5) is 0 Å². The van der Waals surface area contributed by atoms with Crippen molar-refractivity contribution in [3.05, 3.63) is 245 Å². The molecule has 14 heteroatoms. The number of ether oxygens (including phenoxy) is 9. The molecule has 10 rings (SSSR count). The molecule has 3 aliphatic heterocycles. The third-order valence-electron chi connectivity index (χ3n) is 13.6. The van der Waals surface area contributed by atoms with E-state index in [4.69, 9.17) is 42.6 Å². The van der Waals surface area contributed by atoms with Gasteiger partial charge in [0.25, 0.3) is 11.8 Å². The fourth-order valence-electron chi connectivity index (χ4n) is 9.88. The van der Waals surface area contributed by atoms with Gasteiger partial charge in [-0.1, -0.05) is 194 Å². The van der Waals surface area contributed by atoms with Crippen LogP contribution >= 0.6 is 11.8 Å². The monoisotopic (exact) mass is 1060 g/mol. The molecule has 0 N–H and O–H groups in total. The first kappa shape index (κ1) is 53.6. The van der Waals surface area contributed by atoms with Gasteiger partial charge in [-0.25, -0.2) is 0 Å². The summed E-state index contributed by atoms with van der Waals surface area (Å²) in [4.78, 5) is 45.4. The molecule has 2 amide bonds. The van der Waals surface area contributed by atoms with Crippen molar-refractivity contribution in [2.45, 2.75) is 105 Å². The topological polar surface area (TPSA) is 138 Å². The molecule has 0 radical (unpaired) electrons. The fraction of sp³-hybridized carbons (Fsp3) is 0.286. The van der Waals surface area contributed by atoms with Crippen LogP contribution in [-0.2, 0) is 80.5 Å². The van der Waals surface area contributed by atoms with Crippen LogP contribution in [-0.4, -0.2) is 96.4 Å². The van der Waals surface area contributed by atoms with Gasteiger partial charge in [0.15, 0.2) is 12.4 Å². The first-order valence-corrected chi connectivity index (χ1v) is 26.8. The molecule has 0 saturated carbocycles. The van der Waals surface area contributed by atoms with Gasteiger partial charge in [-0.15, -0.1) is 0 Å². The number of rotatable bonds is 23. The average Bonchev–Trinajstić information content (AvgIpc) is 3.81. The Morgan fingerprint density at radius 2 is 0.844 bits per heavy atom. The molecule has 7 aromatic rings. The minimum absolute atomic E-state index is 0.0123. The molecule has 0 aliphatic carbocycles. The van der Waals surface area contributed by atoms with E-state index in [1.807, 2.05) is 182 Å². The number of carbonyl (C=O) groups excluding carboxylic acids is 3. The zero-order valence-corrected chi connectivity index (χ0v) is 43.4. The number of fused-ring (bicyclic) bond motifs is 1. The Labute approximate surface area is 453 Å². The molecule has 0 unspecified atom stereocenters. The highest BCUT2D eigenvalue weighted by atomic mass is 32.2. The number of imide groups is 1. The van der Waals surface area contributed by atoms with Gasteiger partial charge in [0.1, 0.15) is 48.1 Å². The fourth-order valence-corrected chi connectivity index (χ4v) is 11.1. The van der Waals surface area contributed by atoms with Crippen LogP contribution in [0.5, 0.6) is 0 Å². The van der Waals surface area contributed by atoms with Crippen LogP contribution < -0.4 is 0 Å². The molecule has 3 aliphatic rings. The van der Waals surface area contributed by atoms with Crippen molar-refractivity contribution in [3.8, 4) is 0 Å². The van der Waals surface area contributed by atoms with E-state index in [1.54, 1.807) is 24.3 Å². The number of nitrogens with zero attached hydrogens (tertiary/aromatic N) is 1. The normalized spacial score (nSPS) is 24.1. The van der Waals surface area contributed by atoms with E-state index in [-0.39, 0.29) is 57.4 Å². The van der Waals surface area contributed by atoms with Gasteiger partial charge in [0.2, 0.25) is 0 Å². The van der Waals surface area contributed by atoms with Gasteiger partial charge in [0, 0.05) is 11.8 Å². The highest BCUT2D eigenvalue weighted by Crippen LogP contribution is 2.43. The van der Waals surface area contributed by atoms with Gasteiger partial charge in [-0.05, 0) is 52.1 Å². The Balaban J connectivity index is 1.08. The number of hydrogen-bond donors (Lipinski definition) is 0. The van der Waals surface area contributed by atoms with Gasteiger partial charge in [-0.3, -0.25) is 19.3 Å². The maximum atomic E-state index is 14.9. The molecule has 396 valence electrons. The van der Waals surface area contributed by atoms with Crippen molar-refractivity contribution >= 4 is 29.5 Å². The van der Waals surface area contributed by atoms with Crippen LogP contribution in [0.2, 0.25) is 0 Å². The van der Waals surface area contributed by atoms with E-state index in [9.17, 15) is 14.4 Å². The van der Waals surface area contributed by atoms with Crippen molar-refractivity contribution < 1.29 is 57.0 Å². The zero-order chi connectivity index (χ0) is 52.8. The Morgan fingerprint density at radius 1 is 0.455 bits per heavy atom. The maximum absolute atomic E-state index is 14.9. The van der Waals surface area contributed by atoms with E-state index < -0.39 is 78.3 Å². The van der Waals surface area contributed by atoms with Crippen molar-refractivity contribution in [2.75, 3.05) is 13.2 Å². The van der Waals surface area contributed by atoms with E-state index >= 15 is 0 Å². The summed E-state index contributed by atoms with van der Waals surface area (Å²) in [5.41, 5.74) is 4.09. The van der Waals surface area contributed by atoms with Crippen molar-refractivity contribution in [1.82, 2.24) is 4.90 Å². The zero-order valence-electron chi connectivity index (χ0n) is 42.6. The van der Waals surface area contributed by atoms with Gasteiger partial charge in [0.05, 0.1) is 57.4 Å². The van der Waals surface area contributed by atoms with E-state index in [2.05, 4.69) is 0 Å². The highest BCUT2D eigenvalue weighted by Gasteiger charge is 2.58. The molecule has 3 heterocycles. The first-order valence-electron chi connectivity index (χ1n) is 25.9. The molecule has 77 heavy (non-hydrogen) atoms. The van der Waals surface area contributed by atoms with Gasteiger partial charge in [-0.2, -0.15) is 0 Å². The summed E-state index contributed by atoms with van der Waals surface area (Å²) < 4.78 is 62.0.